The third-order valence-electron chi connectivity index (χ3n) is 4.86. The monoisotopic (exact) mass is 257 g/mol. The van der Waals surface area contributed by atoms with E-state index in [0.29, 0.717) is 12.5 Å². The topological polar surface area (TPSA) is 32.3 Å². The molecular formula is C14H27NOS. The van der Waals surface area contributed by atoms with Crippen LogP contribution in [0.3, 0.4) is 0 Å². The molecule has 2 fully saturated rings. The Morgan fingerprint density at radius 2 is 2.00 bits per heavy atom. The highest BCUT2D eigenvalue weighted by atomic mass is 32.2. The van der Waals surface area contributed by atoms with E-state index in [1.807, 2.05) is 7.05 Å². The maximum atomic E-state index is 9.63. The second-order valence-electron chi connectivity index (χ2n) is 5.72. The Labute approximate surface area is 110 Å². The van der Waals surface area contributed by atoms with Crippen molar-refractivity contribution in [3.8, 4) is 0 Å². The Hall–Kier alpha value is 0.270. The van der Waals surface area contributed by atoms with Gasteiger partial charge in [0.2, 0.25) is 0 Å². The molecule has 2 rings (SSSR count). The molecule has 0 aromatic rings. The van der Waals surface area contributed by atoms with Gasteiger partial charge in [-0.3, -0.25) is 0 Å². The molecular weight excluding hydrogens is 230 g/mol. The summed E-state index contributed by atoms with van der Waals surface area (Å²) in [7, 11) is 2.01. The predicted octanol–water partition coefficient (Wildman–Crippen LogP) is 2.80. The fourth-order valence-electron chi connectivity index (χ4n) is 3.61. The molecule has 2 N–H and O–H groups in total. The Balaban J connectivity index is 1.73. The summed E-state index contributed by atoms with van der Waals surface area (Å²) >= 11 is 2.18. The number of nitrogens with one attached hydrogen (secondary N) is 1. The minimum absolute atomic E-state index is 0.0379. The summed E-state index contributed by atoms with van der Waals surface area (Å²) in [5.74, 6) is 1.98. The van der Waals surface area contributed by atoms with E-state index in [2.05, 4.69) is 17.1 Å². The molecule has 0 saturated heterocycles. The van der Waals surface area contributed by atoms with Gasteiger partial charge in [-0.2, -0.15) is 11.8 Å². The van der Waals surface area contributed by atoms with Gasteiger partial charge in [-0.05, 0) is 50.8 Å². The van der Waals surface area contributed by atoms with Crippen molar-refractivity contribution < 1.29 is 5.11 Å². The summed E-state index contributed by atoms with van der Waals surface area (Å²) in [6.45, 7) is 0.308. The lowest BCUT2D eigenvalue weighted by Gasteiger charge is -2.33. The van der Waals surface area contributed by atoms with Crippen LogP contribution >= 0.6 is 11.8 Å². The first kappa shape index (κ1) is 13.7. The number of rotatable bonds is 6. The molecule has 0 amide bonds. The summed E-state index contributed by atoms with van der Waals surface area (Å²) in [6.07, 6.45) is 10.8. The lowest BCUT2D eigenvalue weighted by molar-refractivity contribution is 0.130. The number of thioether (sulfide) groups is 1. The normalized spacial score (nSPS) is 34.6. The van der Waals surface area contributed by atoms with Gasteiger partial charge in [0.1, 0.15) is 0 Å². The molecule has 0 radical (unpaired) electrons. The highest BCUT2D eigenvalue weighted by Gasteiger charge is 2.40. The molecule has 3 heteroatoms. The second kappa shape index (κ2) is 6.44. The molecule has 0 spiro atoms. The molecule has 2 aliphatic carbocycles. The van der Waals surface area contributed by atoms with E-state index in [-0.39, 0.29) is 5.54 Å². The third kappa shape index (κ3) is 3.18. The Morgan fingerprint density at radius 1 is 1.24 bits per heavy atom. The smallest absolute Gasteiger partial charge is 0.0615 e. The second-order valence-corrected chi connectivity index (χ2v) is 7.13. The lowest BCUT2D eigenvalue weighted by atomic mass is 9.86. The zero-order chi connectivity index (χ0) is 12.1. The van der Waals surface area contributed by atoms with Crippen LogP contribution < -0.4 is 5.32 Å². The van der Waals surface area contributed by atoms with Gasteiger partial charge in [0.25, 0.3) is 0 Å². The first-order valence-electron chi connectivity index (χ1n) is 7.22. The standard InChI is InChI=1S/C14H27NOS/c1-15-14(11-16)9-4-5-12(14)8-10-17-13-6-2-3-7-13/h12-13,15-16H,2-11H2,1H3. The van der Waals surface area contributed by atoms with Crippen molar-refractivity contribution in [3.63, 3.8) is 0 Å². The molecule has 0 aliphatic heterocycles. The van der Waals surface area contributed by atoms with Crippen LogP contribution in [0.25, 0.3) is 0 Å². The van der Waals surface area contributed by atoms with Gasteiger partial charge in [-0.25, -0.2) is 0 Å². The number of hydrogen-bond donors (Lipinski definition) is 2. The van der Waals surface area contributed by atoms with Crippen molar-refractivity contribution in [2.24, 2.45) is 5.92 Å². The maximum absolute atomic E-state index is 9.63. The molecule has 0 heterocycles. The fraction of sp³-hybridized carbons (Fsp3) is 1.00. The van der Waals surface area contributed by atoms with Crippen molar-refractivity contribution >= 4 is 11.8 Å². The average molecular weight is 257 g/mol. The highest BCUT2D eigenvalue weighted by Crippen LogP contribution is 2.39. The van der Waals surface area contributed by atoms with E-state index in [4.69, 9.17) is 0 Å². The van der Waals surface area contributed by atoms with Gasteiger partial charge in [0.05, 0.1) is 6.61 Å². The number of likely N-dealkylation sites (N-methyl/N-ethyl adjacent to an activating group) is 1. The van der Waals surface area contributed by atoms with Gasteiger partial charge in [0, 0.05) is 10.8 Å². The zero-order valence-electron chi connectivity index (χ0n) is 11.1. The largest absolute Gasteiger partial charge is 0.394 e. The van der Waals surface area contributed by atoms with E-state index < -0.39 is 0 Å². The maximum Gasteiger partial charge on any atom is 0.0615 e. The zero-order valence-corrected chi connectivity index (χ0v) is 11.9. The van der Waals surface area contributed by atoms with E-state index >= 15 is 0 Å². The van der Waals surface area contributed by atoms with E-state index in [1.54, 1.807) is 0 Å². The van der Waals surface area contributed by atoms with Crippen LogP contribution in [-0.4, -0.2) is 35.3 Å². The molecule has 0 bridgehead atoms. The van der Waals surface area contributed by atoms with Crippen LogP contribution in [0.5, 0.6) is 0 Å². The molecule has 0 aromatic carbocycles. The third-order valence-corrected chi connectivity index (χ3v) is 6.27. The van der Waals surface area contributed by atoms with Gasteiger partial charge >= 0.3 is 0 Å². The molecule has 2 saturated carbocycles. The van der Waals surface area contributed by atoms with Crippen LogP contribution in [0, 0.1) is 5.92 Å². The number of aliphatic hydroxyl groups excluding tert-OH is 1. The Bertz CT molecular complexity index is 224. The van der Waals surface area contributed by atoms with Crippen LogP contribution in [0.2, 0.25) is 0 Å². The predicted molar refractivity (Wildman–Crippen MR) is 75.5 cm³/mol. The molecule has 0 aromatic heterocycles. The molecule has 2 unspecified atom stereocenters. The van der Waals surface area contributed by atoms with Crippen molar-refractivity contribution in [2.45, 2.75) is 62.2 Å². The van der Waals surface area contributed by atoms with Crippen LogP contribution in [0.15, 0.2) is 0 Å². The number of aliphatic hydroxyl groups is 1. The van der Waals surface area contributed by atoms with Crippen LogP contribution in [0.4, 0.5) is 0 Å². The lowest BCUT2D eigenvalue weighted by Crippen LogP contribution is -2.49. The Morgan fingerprint density at radius 3 is 2.65 bits per heavy atom. The van der Waals surface area contributed by atoms with Crippen molar-refractivity contribution in [3.05, 3.63) is 0 Å². The summed E-state index contributed by atoms with van der Waals surface area (Å²) in [5, 5.41) is 14.0. The number of hydrogen-bond acceptors (Lipinski definition) is 3. The van der Waals surface area contributed by atoms with Crippen LogP contribution in [-0.2, 0) is 0 Å². The quantitative estimate of drug-likeness (QED) is 0.767. The molecule has 2 aliphatic rings. The Kier molecular flexibility index (Phi) is 5.19. The minimum atomic E-state index is 0.0379. The molecule has 2 atom stereocenters. The summed E-state index contributed by atoms with van der Waals surface area (Å²) < 4.78 is 0. The first-order chi connectivity index (χ1) is 8.30. The van der Waals surface area contributed by atoms with E-state index in [0.717, 1.165) is 11.7 Å². The van der Waals surface area contributed by atoms with Crippen molar-refractivity contribution in [1.29, 1.82) is 0 Å². The average Bonchev–Trinajstić information content (AvgIpc) is 2.99. The van der Waals surface area contributed by atoms with Crippen molar-refractivity contribution in [1.82, 2.24) is 5.32 Å². The summed E-state index contributed by atoms with van der Waals surface area (Å²) in [5.41, 5.74) is 0.0379. The van der Waals surface area contributed by atoms with Crippen LogP contribution in [0.1, 0.15) is 51.4 Å². The SMILES string of the molecule is CNC1(CO)CCCC1CCSC1CCCC1. The van der Waals surface area contributed by atoms with Gasteiger partial charge < -0.3 is 10.4 Å². The van der Waals surface area contributed by atoms with Crippen molar-refractivity contribution in [2.75, 3.05) is 19.4 Å². The first-order valence-corrected chi connectivity index (χ1v) is 8.27. The fourth-order valence-corrected chi connectivity index (χ4v) is 5.03. The summed E-state index contributed by atoms with van der Waals surface area (Å²) in [4.78, 5) is 0. The van der Waals surface area contributed by atoms with Gasteiger partial charge in [-0.15, -0.1) is 0 Å². The van der Waals surface area contributed by atoms with Gasteiger partial charge in [0.15, 0.2) is 0 Å². The van der Waals surface area contributed by atoms with Gasteiger partial charge in [-0.1, -0.05) is 19.3 Å². The molecule has 2 nitrogen and oxygen atoms in total. The van der Waals surface area contributed by atoms with E-state index in [1.165, 1.54) is 50.7 Å². The summed E-state index contributed by atoms with van der Waals surface area (Å²) in [6, 6.07) is 0. The molecule has 100 valence electrons. The minimum Gasteiger partial charge on any atom is -0.394 e. The molecule has 17 heavy (non-hydrogen) atoms. The highest BCUT2D eigenvalue weighted by molar-refractivity contribution is 7.99. The van der Waals surface area contributed by atoms with E-state index in [9.17, 15) is 5.11 Å².